The molecule has 21 heavy (non-hydrogen) atoms. The maximum Gasteiger partial charge on any atom is 0.335 e. The van der Waals surface area contributed by atoms with Gasteiger partial charge in [0.15, 0.2) is 0 Å². The van der Waals surface area contributed by atoms with Gasteiger partial charge in [0.1, 0.15) is 0 Å². The summed E-state index contributed by atoms with van der Waals surface area (Å²) in [7, 11) is 0. The third kappa shape index (κ3) is 3.09. The number of benzene rings is 2. The number of aromatic carboxylic acids is 1. The number of thiophene rings is 1. The Bertz CT molecular complexity index is 813. The normalized spacial score (nSPS) is 10.7. The van der Waals surface area contributed by atoms with Crippen molar-refractivity contribution in [2.75, 3.05) is 5.32 Å². The van der Waals surface area contributed by atoms with E-state index in [0.29, 0.717) is 6.54 Å². The van der Waals surface area contributed by atoms with Gasteiger partial charge in [0.25, 0.3) is 0 Å². The number of carboxylic acid groups (broad SMARTS) is 1. The molecular weight excluding hydrogens is 350 g/mol. The molecule has 0 saturated carbocycles. The highest BCUT2D eigenvalue weighted by Crippen LogP contribution is 2.25. The lowest BCUT2D eigenvalue weighted by Crippen LogP contribution is -2.02. The van der Waals surface area contributed by atoms with Gasteiger partial charge < -0.3 is 10.4 Å². The van der Waals surface area contributed by atoms with Crippen molar-refractivity contribution in [2.45, 2.75) is 6.54 Å². The molecule has 2 aromatic carbocycles. The second-order valence-electron chi connectivity index (χ2n) is 4.64. The molecule has 3 rings (SSSR count). The van der Waals surface area contributed by atoms with Gasteiger partial charge in [-0.1, -0.05) is 22.0 Å². The Labute approximate surface area is 134 Å². The van der Waals surface area contributed by atoms with Crippen molar-refractivity contribution in [2.24, 2.45) is 0 Å². The van der Waals surface area contributed by atoms with Gasteiger partial charge in [0.2, 0.25) is 0 Å². The molecule has 3 nitrogen and oxygen atoms in total. The topological polar surface area (TPSA) is 49.3 Å². The fourth-order valence-electron chi connectivity index (χ4n) is 2.10. The fourth-order valence-corrected chi connectivity index (χ4v) is 3.39. The van der Waals surface area contributed by atoms with E-state index in [9.17, 15) is 4.79 Å². The molecule has 0 bridgehead atoms. The van der Waals surface area contributed by atoms with E-state index in [0.717, 1.165) is 15.7 Å². The summed E-state index contributed by atoms with van der Waals surface area (Å²) in [5.41, 5.74) is 2.35. The van der Waals surface area contributed by atoms with E-state index in [1.165, 1.54) is 10.1 Å². The quantitative estimate of drug-likeness (QED) is 0.689. The Morgan fingerprint density at radius 3 is 2.81 bits per heavy atom. The summed E-state index contributed by atoms with van der Waals surface area (Å²) < 4.78 is 2.07. The Hall–Kier alpha value is -1.85. The molecule has 0 aliphatic rings. The van der Waals surface area contributed by atoms with Gasteiger partial charge in [-0.25, -0.2) is 4.79 Å². The summed E-state index contributed by atoms with van der Waals surface area (Å²) in [4.78, 5) is 10.9. The first-order chi connectivity index (χ1) is 10.1. The van der Waals surface area contributed by atoms with Crippen LogP contribution in [0.1, 0.15) is 15.9 Å². The summed E-state index contributed by atoms with van der Waals surface area (Å²) in [6.45, 7) is 0.635. The highest BCUT2D eigenvalue weighted by molar-refractivity contribution is 9.10. The number of carbonyl (C=O) groups is 1. The fraction of sp³-hybridized carbons (Fsp3) is 0.0625. The van der Waals surface area contributed by atoms with Crippen LogP contribution in [0.2, 0.25) is 0 Å². The zero-order valence-corrected chi connectivity index (χ0v) is 13.4. The first kappa shape index (κ1) is 14.1. The molecule has 1 aromatic heterocycles. The number of anilines is 1. The third-order valence-electron chi connectivity index (χ3n) is 3.24. The van der Waals surface area contributed by atoms with Gasteiger partial charge >= 0.3 is 5.97 Å². The van der Waals surface area contributed by atoms with Crippen molar-refractivity contribution in [3.05, 3.63) is 63.4 Å². The predicted molar refractivity (Wildman–Crippen MR) is 90.3 cm³/mol. The van der Waals surface area contributed by atoms with Gasteiger partial charge in [0, 0.05) is 21.4 Å². The van der Waals surface area contributed by atoms with Crippen LogP contribution in [0.25, 0.3) is 10.1 Å². The van der Waals surface area contributed by atoms with Gasteiger partial charge in [-0.15, -0.1) is 11.3 Å². The molecule has 0 amide bonds. The van der Waals surface area contributed by atoms with Crippen LogP contribution in [-0.4, -0.2) is 11.1 Å². The van der Waals surface area contributed by atoms with Gasteiger partial charge in [0.05, 0.1) is 5.56 Å². The molecule has 0 aliphatic carbocycles. The summed E-state index contributed by atoms with van der Waals surface area (Å²) >= 11 is 5.15. The van der Waals surface area contributed by atoms with Gasteiger partial charge in [-0.3, -0.25) is 0 Å². The van der Waals surface area contributed by atoms with Crippen LogP contribution < -0.4 is 5.32 Å². The molecular formula is C16H12BrNO2S. The average molecular weight is 362 g/mol. The molecule has 0 aliphatic heterocycles. The number of hydrogen-bond acceptors (Lipinski definition) is 3. The highest BCUT2D eigenvalue weighted by atomic mass is 79.9. The van der Waals surface area contributed by atoms with Crippen molar-refractivity contribution in [3.8, 4) is 0 Å². The molecule has 1 heterocycles. The van der Waals surface area contributed by atoms with Crippen LogP contribution >= 0.6 is 27.3 Å². The van der Waals surface area contributed by atoms with E-state index in [-0.39, 0.29) is 5.56 Å². The minimum absolute atomic E-state index is 0.283. The van der Waals surface area contributed by atoms with Crippen LogP contribution in [0.3, 0.4) is 0 Å². The SMILES string of the molecule is O=C(O)c1ccc(CNc2ccc3sccc3c2)c(Br)c1. The molecule has 0 fully saturated rings. The molecule has 106 valence electrons. The van der Waals surface area contributed by atoms with E-state index in [4.69, 9.17) is 5.11 Å². The van der Waals surface area contributed by atoms with E-state index < -0.39 is 5.97 Å². The standard InChI is InChI=1S/C16H12BrNO2S/c17-14-8-11(16(19)20)1-2-12(14)9-18-13-3-4-15-10(7-13)5-6-21-15/h1-8,18H,9H2,(H,19,20). The first-order valence-electron chi connectivity index (χ1n) is 6.36. The Morgan fingerprint density at radius 2 is 2.05 bits per heavy atom. The second kappa shape index (κ2) is 5.87. The summed E-state index contributed by atoms with van der Waals surface area (Å²) in [6, 6.07) is 13.4. The van der Waals surface area contributed by atoms with Crippen molar-refractivity contribution in [3.63, 3.8) is 0 Å². The molecule has 0 spiro atoms. The van der Waals surface area contributed by atoms with Gasteiger partial charge in [-0.05, 0) is 52.7 Å². The summed E-state index contributed by atoms with van der Waals surface area (Å²) in [6.07, 6.45) is 0. The van der Waals surface area contributed by atoms with Crippen molar-refractivity contribution < 1.29 is 9.90 Å². The number of carboxylic acids is 1. The minimum atomic E-state index is -0.918. The van der Waals surface area contributed by atoms with E-state index >= 15 is 0 Å². The molecule has 0 radical (unpaired) electrons. The number of fused-ring (bicyclic) bond motifs is 1. The van der Waals surface area contributed by atoms with Crippen LogP contribution in [0.15, 0.2) is 52.3 Å². The summed E-state index contributed by atoms with van der Waals surface area (Å²) in [5, 5.41) is 15.6. The smallest absolute Gasteiger partial charge is 0.335 e. The van der Waals surface area contributed by atoms with Crippen LogP contribution in [0.4, 0.5) is 5.69 Å². The average Bonchev–Trinajstić information content (AvgIpc) is 2.93. The number of hydrogen-bond donors (Lipinski definition) is 2. The monoisotopic (exact) mass is 361 g/mol. The lowest BCUT2D eigenvalue weighted by Gasteiger charge is -2.09. The van der Waals surface area contributed by atoms with Crippen LogP contribution in [0, 0.1) is 0 Å². The van der Waals surface area contributed by atoms with Gasteiger partial charge in [-0.2, -0.15) is 0 Å². The minimum Gasteiger partial charge on any atom is -0.478 e. The molecule has 0 atom stereocenters. The zero-order chi connectivity index (χ0) is 14.8. The Kier molecular flexibility index (Phi) is 3.94. The van der Waals surface area contributed by atoms with E-state index in [1.807, 2.05) is 6.07 Å². The van der Waals surface area contributed by atoms with E-state index in [2.05, 4.69) is 50.9 Å². The van der Waals surface area contributed by atoms with Crippen molar-refractivity contribution in [1.29, 1.82) is 0 Å². The van der Waals surface area contributed by atoms with Crippen LogP contribution in [-0.2, 0) is 6.54 Å². The lowest BCUT2D eigenvalue weighted by molar-refractivity contribution is 0.0697. The maximum atomic E-state index is 10.9. The Balaban J connectivity index is 1.76. The van der Waals surface area contributed by atoms with E-state index in [1.54, 1.807) is 23.5 Å². The number of halogens is 1. The highest BCUT2D eigenvalue weighted by Gasteiger charge is 2.06. The first-order valence-corrected chi connectivity index (χ1v) is 8.03. The molecule has 2 N–H and O–H groups in total. The zero-order valence-electron chi connectivity index (χ0n) is 11.0. The molecule has 3 aromatic rings. The lowest BCUT2D eigenvalue weighted by atomic mass is 10.1. The number of rotatable bonds is 4. The largest absolute Gasteiger partial charge is 0.478 e. The number of nitrogens with one attached hydrogen (secondary N) is 1. The van der Waals surface area contributed by atoms with Crippen molar-refractivity contribution in [1.82, 2.24) is 0 Å². The summed E-state index contributed by atoms with van der Waals surface area (Å²) in [5.74, 6) is -0.918. The maximum absolute atomic E-state index is 10.9. The second-order valence-corrected chi connectivity index (χ2v) is 6.44. The molecule has 0 saturated heterocycles. The predicted octanol–water partition coefficient (Wildman–Crippen LogP) is 4.97. The third-order valence-corrected chi connectivity index (χ3v) is 4.87. The molecule has 0 unspecified atom stereocenters. The Morgan fingerprint density at radius 1 is 1.19 bits per heavy atom. The molecule has 5 heteroatoms. The van der Waals surface area contributed by atoms with Crippen LogP contribution in [0.5, 0.6) is 0 Å². The van der Waals surface area contributed by atoms with Crippen molar-refractivity contribution >= 4 is 49.0 Å².